The van der Waals surface area contributed by atoms with Crippen LogP contribution < -0.4 is 22.3 Å². The number of carbonyl (C=O) groups excluding carboxylic acids is 1. The first-order valence-electron chi connectivity index (χ1n) is 7.92. The van der Waals surface area contributed by atoms with Crippen LogP contribution in [0.2, 0.25) is 0 Å². The number of fused-ring (bicyclic) bond motifs is 1. The van der Waals surface area contributed by atoms with Crippen LogP contribution in [0.3, 0.4) is 0 Å². The Labute approximate surface area is 151 Å². The number of amides is 1. The fourth-order valence-corrected chi connectivity index (χ4v) is 2.77. The SMILES string of the molecule is CCC(CC)(CN)NC(=O)Cn1cnc2c1c(=O)n(C)c(=O)n2C.Cl. The molecule has 0 aromatic carbocycles. The molecule has 0 saturated heterocycles. The molecule has 0 fully saturated rings. The van der Waals surface area contributed by atoms with Crippen molar-refractivity contribution in [1.82, 2.24) is 24.0 Å². The lowest BCUT2D eigenvalue weighted by molar-refractivity contribution is -0.123. The van der Waals surface area contributed by atoms with Gasteiger partial charge in [-0.05, 0) is 12.8 Å². The molecule has 0 spiro atoms. The van der Waals surface area contributed by atoms with Gasteiger partial charge in [0.1, 0.15) is 6.54 Å². The first-order valence-corrected chi connectivity index (χ1v) is 7.92. The summed E-state index contributed by atoms with van der Waals surface area (Å²) < 4.78 is 3.74. The van der Waals surface area contributed by atoms with Crippen LogP contribution in [-0.4, -0.2) is 36.7 Å². The maximum Gasteiger partial charge on any atom is 0.332 e. The molecular formula is C15H25ClN6O3. The van der Waals surface area contributed by atoms with Gasteiger partial charge in [0.15, 0.2) is 11.2 Å². The summed E-state index contributed by atoms with van der Waals surface area (Å²) in [5.41, 5.74) is 4.89. The van der Waals surface area contributed by atoms with Crippen molar-refractivity contribution >= 4 is 29.5 Å². The highest BCUT2D eigenvalue weighted by Crippen LogP contribution is 2.13. The molecule has 0 aliphatic heterocycles. The number of rotatable bonds is 6. The van der Waals surface area contributed by atoms with Gasteiger partial charge >= 0.3 is 5.69 Å². The molecule has 0 aliphatic rings. The molecule has 25 heavy (non-hydrogen) atoms. The van der Waals surface area contributed by atoms with Crippen LogP contribution in [0.15, 0.2) is 15.9 Å². The van der Waals surface area contributed by atoms with Gasteiger partial charge in [0.2, 0.25) is 5.91 Å². The van der Waals surface area contributed by atoms with E-state index in [0.717, 1.165) is 4.57 Å². The predicted octanol–water partition coefficient (Wildman–Crippen LogP) is -0.511. The number of imidazole rings is 1. The quantitative estimate of drug-likeness (QED) is 0.708. The van der Waals surface area contributed by atoms with Crippen molar-refractivity contribution in [3.63, 3.8) is 0 Å². The fourth-order valence-electron chi connectivity index (χ4n) is 2.77. The Hall–Kier alpha value is -2.13. The lowest BCUT2D eigenvalue weighted by Crippen LogP contribution is -2.53. The third-order valence-electron chi connectivity index (χ3n) is 4.68. The standard InChI is InChI=1S/C15H24N6O3.ClH/c1-5-15(6-2,8-16)18-10(22)7-21-9-17-12-11(21)13(23)20(4)14(24)19(12)3;/h9H,5-8,16H2,1-4H3,(H,18,22);1H. The molecule has 9 nitrogen and oxygen atoms in total. The number of nitrogens with two attached hydrogens (primary N) is 1. The number of hydrogen-bond donors (Lipinski definition) is 2. The van der Waals surface area contributed by atoms with Gasteiger partial charge in [0.25, 0.3) is 5.56 Å². The van der Waals surface area contributed by atoms with E-state index in [2.05, 4.69) is 10.3 Å². The Morgan fingerprint density at radius 2 is 1.84 bits per heavy atom. The van der Waals surface area contributed by atoms with E-state index in [9.17, 15) is 14.4 Å². The molecule has 0 saturated carbocycles. The van der Waals surface area contributed by atoms with Gasteiger partial charge in [-0.1, -0.05) is 13.8 Å². The van der Waals surface area contributed by atoms with Crippen LogP contribution in [-0.2, 0) is 25.4 Å². The smallest absolute Gasteiger partial charge is 0.332 e. The minimum Gasteiger partial charge on any atom is -0.348 e. The molecular weight excluding hydrogens is 348 g/mol. The summed E-state index contributed by atoms with van der Waals surface area (Å²) in [5, 5.41) is 2.95. The summed E-state index contributed by atoms with van der Waals surface area (Å²) >= 11 is 0. The minimum absolute atomic E-state index is 0. The highest BCUT2D eigenvalue weighted by Gasteiger charge is 2.26. The molecule has 0 aliphatic carbocycles. The van der Waals surface area contributed by atoms with Crippen LogP contribution in [0.5, 0.6) is 0 Å². The van der Waals surface area contributed by atoms with Crippen LogP contribution in [0, 0.1) is 0 Å². The number of carbonyl (C=O) groups is 1. The molecule has 2 rings (SSSR count). The molecule has 2 aromatic rings. The van der Waals surface area contributed by atoms with Gasteiger partial charge in [-0.25, -0.2) is 9.78 Å². The van der Waals surface area contributed by atoms with Crippen molar-refractivity contribution in [2.75, 3.05) is 6.54 Å². The molecule has 0 bridgehead atoms. The molecule has 0 atom stereocenters. The van der Waals surface area contributed by atoms with E-state index in [0.29, 0.717) is 19.4 Å². The van der Waals surface area contributed by atoms with Gasteiger partial charge in [0, 0.05) is 20.6 Å². The number of nitrogens with one attached hydrogen (secondary N) is 1. The predicted molar refractivity (Wildman–Crippen MR) is 98.0 cm³/mol. The summed E-state index contributed by atoms with van der Waals surface area (Å²) in [5.74, 6) is -0.251. The lowest BCUT2D eigenvalue weighted by Gasteiger charge is -2.31. The molecule has 0 radical (unpaired) electrons. The van der Waals surface area contributed by atoms with Crippen molar-refractivity contribution < 1.29 is 4.79 Å². The summed E-state index contributed by atoms with van der Waals surface area (Å²) in [6, 6.07) is 0. The van der Waals surface area contributed by atoms with Crippen molar-refractivity contribution in [2.24, 2.45) is 19.8 Å². The van der Waals surface area contributed by atoms with Gasteiger partial charge in [-0.2, -0.15) is 0 Å². The third-order valence-corrected chi connectivity index (χ3v) is 4.68. The van der Waals surface area contributed by atoms with E-state index in [1.54, 1.807) is 0 Å². The second-order valence-electron chi connectivity index (χ2n) is 5.99. The summed E-state index contributed by atoms with van der Waals surface area (Å²) in [7, 11) is 2.93. The number of halogens is 1. The van der Waals surface area contributed by atoms with Gasteiger partial charge in [-0.3, -0.25) is 18.7 Å². The first-order chi connectivity index (χ1) is 11.3. The molecule has 0 unspecified atom stereocenters. The Morgan fingerprint density at radius 1 is 1.24 bits per heavy atom. The molecule has 3 N–H and O–H groups in total. The van der Waals surface area contributed by atoms with E-state index >= 15 is 0 Å². The topological polar surface area (TPSA) is 117 Å². The van der Waals surface area contributed by atoms with Crippen molar-refractivity contribution in [2.45, 2.75) is 38.8 Å². The van der Waals surface area contributed by atoms with E-state index in [1.165, 1.54) is 29.6 Å². The monoisotopic (exact) mass is 372 g/mol. The number of aromatic nitrogens is 4. The minimum atomic E-state index is -0.477. The van der Waals surface area contributed by atoms with E-state index < -0.39 is 16.8 Å². The van der Waals surface area contributed by atoms with Crippen LogP contribution >= 0.6 is 12.4 Å². The highest BCUT2D eigenvalue weighted by atomic mass is 35.5. The van der Waals surface area contributed by atoms with Gasteiger partial charge in [0.05, 0.1) is 11.9 Å². The summed E-state index contributed by atoms with van der Waals surface area (Å²) in [6.45, 7) is 4.21. The Balaban J connectivity index is 0.00000312. The second kappa shape index (κ2) is 7.83. The lowest BCUT2D eigenvalue weighted by atomic mass is 9.93. The van der Waals surface area contributed by atoms with Crippen LogP contribution in [0.1, 0.15) is 26.7 Å². The first kappa shape index (κ1) is 20.9. The maximum atomic E-state index is 12.4. The normalized spacial score (nSPS) is 11.4. The summed E-state index contributed by atoms with van der Waals surface area (Å²) in [4.78, 5) is 40.8. The van der Waals surface area contributed by atoms with Gasteiger partial charge < -0.3 is 15.6 Å². The number of nitrogens with zero attached hydrogens (tertiary/aromatic N) is 4. The average Bonchev–Trinajstić information content (AvgIpc) is 2.99. The second-order valence-corrected chi connectivity index (χ2v) is 5.99. The zero-order chi connectivity index (χ0) is 18.1. The molecule has 2 heterocycles. The molecule has 10 heteroatoms. The number of hydrogen-bond acceptors (Lipinski definition) is 5. The van der Waals surface area contributed by atoms with E-state index in [1.807, 2.05) is 13.8 Å². The van der Waals surface area contributed by atoms with Crippen molar-refractivity contribution in [3.8, 4) is 0 Å². The Kier molecular flexibility index (Phi) is 6.55. The van der Waals surface area contributed by atoms with Crippen LogP contribution in [0.4, 0.5) is 0 Å². The zero-order valence-electron chi connectivity index (χ0n) is 14.9. The van der Waals surface area contributed by atoms with E-state index in [-0.39, 0.29) is 36.0 Å². The van der Waals surface area contributed by atoms with Crippen molar-refractivity contribution in [3.05, 3.63) is 27.2 Å². The van der Waals surface area contributed by atoms with Crippen molar-refractivity contribution in [1.29, 1.82) is 0 Å². The molecule has 140 valence electrons. The van der Waals surface area contributed by atoms with Gasteiger partial charge in [-0.15, -0.1) is 12.4 Å². The van der Waals surface area contributed by atoms with Crippen LogP contribution in [0.25, 0.3) is 11.2 Å². The Morgan fingerprint density at radius 3 is 2.36 bits per heavy atom. The molecule has 2 aromatic heterocycles. The third kappa shape index (κ3) is 3.62. The number of aryl methyl sites for hydroxylation is 1. The molecule has 1 amide bonds. The maximum absolute atomic E-state index is 12.4. The highest BCUT2D eigenvalue weighted by molar-refractivity contribution is 5.85. The summed E-state index contributed by atoms with van der Waals surface area (Å²) in [6.07, 6.45) is 2.83. The Bertz CT molecular complexity index is 869. The zero-order valence-corrected chi connectivity index (χ0v) is 15.7. The fraction of sp³-hybridized carbons (Fsp3) is 0.600. The largest absolute Gasteiger partial charge is 0.348 e. The van der Waals surface area contributed by atoms with E-state index in [4.69, 9.17) is 5.73 Å². The average molecular weight is 373 g/mol.